The van der Waals surface area contributed by atoms with Crippen LogP contribution < -0.4 is 10.6 Å². The van der Waals surface area contributed by atoms with Gasteiger partial charge in [0.2, 0.25) is 0 Å². The van der Waals surface area contributed by atoms with Crippen LogP contribution in [0.5, 0.6) is 0 Å². The van der Waals surface area contributed by atoms with E-state index in [-0.39, 0.29) is 29.7 Å². The molecule has 1 saturated carbocycles. The summed E-state index contributed by atoms with van der Waals surface area (Å²) in [6.07, 6.45) is 6.23. The van der Waals surface area contributed by atoms with Gasteiger partial charge in [0.1, 0.15) is 0 Å². The molecule has 1 aromatic carbocycles. The van der Waals surface area contributed by atoms with Crippen molar-refractivity contribution >= 4 is 39.8 Å². The van der Waals surface area contributed by atoms with Gasteiger partial charge in [-0.15, -0.1) is 24.0 Å². The summed E-state index contributed by atoms with van der Waals surface area (Å²) in [5.41, 5.74) is 0.332. The molecule has 1 fully saturated rings. The van der Waals surface area contributed by atoms with E-state index in [1.165, 1.54) is 25.7 Å². The zero-order chi connectivity index (χ0) is 18.2. The largest absolute Gasteiger partial charge is 0.357 e. The van der Waals surface area contributed by atoms with Crippen molar-refractivity contribution in [3.63, 3.8) is 0 Å². The highest BCUT2D eigenvalue weighted by atomic mass is 127. The summed E-state index contributed by atoms with van der Waals surface area (Å²) in [6.45, 7) is 6.18. The lowest BCUT2D eigenvalue weighted by Gasteiger charge is -2.25. The molecule has 0 atom stereocenters. The van der Waals surface area contributed by atoms with Gasteiger partial charge in [0.05, 0.1) is 10.6 Å². The topological polar surface area (TPSA) is 70.6 Å². The van der Waals surface area contributed by atoms with Crippen LogP contribution in [0, 0.1) is 5.41 Å². The van der Waals surface area contributed by atoms with Crippen LogP contribution in [0.3, 0.4) is 0 Å². The molecule has 0 saturated heterocycles. The van der Waals surface area contributed by atoms with Crippen molar-refractivity contribution < 1.29 is 8.42 Å². The van der Waals surface area contributed by atoms with Crippen LogP contribution in [0.15, 0.2) is 40.2 Å². The fraction of sp³-hybridized carbons (Fsp3) is 0.632. The Balaban J connectivity index is 0.00000338. The Bertz CT molecular complexity index is 657. The predicted molar refractivity (Wildman–Crippen MR) is 119 cm³/mol. The normalized spacial score (nSPS) is 16.8. The molecule has 0 amide bonds. The molecule has 2 rings (SSSR count). The van der Waals surface area contributed by atoms with Crippen molar-refractivity contribution in [2.75, 3.05) is 25.4 Å². The second-order valence-corrected chi connectivity index (χ2v) is 8.92. The third kappa shape index (κ3) is 6.72. The van der Waals surface area contributed by atoms with Crippen molar-refractivity contribution in [1.29, 1.82) is 0 Å². The van der Waals surface area contributed by atoms with Gasteiger partial charge < -0.3 is 10.6 Å². The number of guanidine groups is 1. The van der Waals surface area contributed by atoms with Crippen LogP contribution in [-0.4, -0.2) is 39.8 Å². The van der Waals surface area contributed by atoms with Gasteiger partial charge >= 0.3 is 0 Å². The van der Waals surface area contributed by atoms with E-state index in [4.69, 9.17) is 4.99 Å². The van der Waals surface area contributed by atoms with Crippen LogP contribution in [0.4, 0.5) is 0 Å². The number of halogens is 1. The molecule has 5 nitrogen and oxygen atoms in total. The average Bonchev–Trinajstić information content (AvgIpc) is 3.10. The van der Waals surface area contributed by atoms with Crippen LogP contribution in [0.2, 0.25) is 0 Å². The number of hydrogen-bond donors (Lipinski definition) is 2. The predicted octanol–water partition coefficient (Wildman–Crippen LogP) is 3.60. The van der Waals surface area contributed by atoms with Crippen molar-refractivity contribution in [1.82, 2.24) is 10.6 Å². The van der Waals surface area contributed by atoms with Gasteiger partial charge in [0.15, 0.2) is 15.8 Å². The molecule has 7 heteroatoms. The Labute approximate surface area is 175 Å². The molecule has 0 unspecified atom stereocenters. The van der Waals surface area contributed by atoms with Gasteiger partial charge in [-0.1, -0.05) is 38.0 Å². The maximum Gasteiger partial charge on any atom is 0.191 e. The number of nitrogens with zero attached hydrogens (tertiary/aromatic N) is 1. The highest BCUT2D eigenvalue weighted by Gasteiger charge is 2.31. The molecule has 0 bridgehead atoms. The average molecular weight is 493 g/mol. The zero-order valence-electron chi connectivity index (χ0n) is 15.8. The van der Waals surface area contributed by atoms with E-state index >= 15 is 0 Å². The first-order valence-electron chi connectivity index (χ1n) is 9.31. The molecule has 2 N–H and O–H groups in total. The van der Waals surface area contributed by atoms with E-state index in [9.17, 15) is 8.42 Å². The molecule has 0 aromatic heterocycles. The van der Waals surface area contributed by atoms with E-state index in [1.54, 1.807) is 24.3 Å². The van der Waals surface area contributed by atoms with Crippen LogP contribution in [0.25, 0.3) is 0 Å². The number of hydrogen-bond acceptors (Lipinski definition) is 3. The third-order valence-electron chi connectivity index (χ3n) is 5.10. The second-order valence-electron chi connectivity index (χ2n) is 6.81. The molecule has 148 valence electrons. The monoisotopic (exact) mass is 493 g/mol. The molecule has 0 radical (unpaired) electrons. The Morgan fingerprint density at radius 1 is 1.12 bits per heavy atom. The van der Waals surface area contributed by atoms with E-state index in [0.717, 1.165) is 19.5 Å². The smallest absolute Gasteiger partial charge is 0.191 e. The van der Waals surface area contributed by atoms with Crippen LogP contribution in [-0.2, 0) is 9.84 Å². The summed E-state index contributed by atoms with van der Waals surface area (Å²) in [4.78, 5) is 5.10. The first kappa shape index (κ1) is 23.2. The molecule has 1 aliphatic carbocycles. The summed E-state index contributed by atoms with van der Waals surface area (Å²) < 4.78 is 24.7. The van der Waals surface area contributed by atoms with Gasteiger partial charge in [-0.25, -0.2) is 8.42 Å². The van der Waals surface area contributed by atoms with Crippen molar-refractivity contribution in [3.05, 3.63) is 30.3 Å². The lowest BCUT2D eigenvalue weighted by molar-refractivity contribution is 0.297. The van der Waals surface area contributed by atoms with Gasteiger partial charge in [0, 0.05) is 19.6 Å². The molecule has 0 heterocycles. The van der Waals surface area contributed by atoms with Gasteiger partial charge in [0.25, 0.3) is 0 Å². The van der Waals surface area contributed by atoms with E-state index < -0.39 is 9.84 Å². The minimum Gasteiger partial charge on any atom is -0.357 e. The lowest BCUT2D eigenvalue weighted by atomic mass is 9.84. The Morgan fingerprint density at radius 3 is 2.35 bits per heavy atom. The van der Waals surface area contributed by atoms with E-state index in [2.05, 4.69) is 17.6 Å². The van der Waals surface area contributed by atoms with Gasteiger partial charge in [-0.05, 0) is 43.7 Å². The quantitative estimate of drug-likeness (QED) is 0.330. The number of nitrogens with one attached hydrogen (secondary N) is 2. The minimum absolute atomic E-state index is 0. The molecule has 0 spiro atoms. The molecule has 1 aromatic rings. The minimum atomic E-state index is -3.26. The maximum absolute atomic E-state index is 12.3. The molecular formula is C19H32IN3O2S. The zero-order valence-corrected chi connectivity index (χ0v) is 19.0. The molecule has 26 heavy (non-hydrogen) atoms. The van der Waals surface area contributed by atoms with E-state index in [0.29, 0.717) is 22.8 Å². The first-order valence-corrected chi connectivity index (χ1v) is 11.0. The summed E-state index contributed by atoms with van der Waals surface area (Å²) in [6, 6.07) is 8.59. The fourth-order valence-electron chi connectivity index (χ4n) is 3.39. The Hall–Kier alpha value is -0.830. The summed E-state index contributed by atoms with van der Waals surface area (Å²) in [5, 5.41) is 6.39. The molecular weight excluding hydrogens is 461 g/mol. The number of aliphatic imine (C=N–C) groups is 1. The number of rotatable bonds is 8. The van der Waals surface area contributed by atoms with Crippen molar-refractivity contribution in [3.8, 4) is 0 Å². The highest BCUT2D eigenvalue weighted by molar-refractivity contribution is 14.0. The van der Waals surface area contributed by atoms with Crippen molar-refractivity contribution in [2.45, 2.75) is 50.8 Å². The van der Waals surface area contributed by atoms with Crippen LogP contribution in [0.1, 0.15) is 46.0 Å². The SMILES string of the molecule is CCNC(=NCC1(CC)CCCC1)NCCS(=O)(=O)c1ccccc1.I. The lowest BCUT2D eigenvalue weighted by Crippen LogP contribution is -2.40. The summed E-state index contributed by atoms with van der Waals surface area (Å²) in [7, 11) is -3.26. The van der Waals surface area contributed by atoms with Gasteiger partial charge in [-0.2, -0.15) is 0 Å². The number of sulfone groups is 1. The Morgan fingerprint density at radius 2 is 1.77 bits per heavy atom. The molecule has 1 aliphatic rings. The van der Waals surface area contributed by atoms with Crippen molar-refractivity contribution in [2.24, 2.45) is 10.4 Å². The van der Waals surface area contributed by atoms with Gasteiger partial charge in [-0.3, -0.25) is 4.99 Å². The third-order valence-corrected chi connectivity index (χ3v) is 6.83. The summed E-state index contributed by atoms with van der Waals surface area (Å²) in [5.74, 6) is 0.769. The Kier molecular flexibility index (Phi) is 9.92. The molecule has 0 aliphatic heterocycles. The summed E-state index contributed by atoms with van der Waals surface area (Å²) >= 11 is 0. The second kappa shape index (κ2) is 11.1. The highest BCUT2D eigenvalue weighted by Crippen LogP contribution is 2.41. The van der Waals surface area contributed by atoms with E-state index in [1.807, 2.05) is 13.0 Å². The first-order chi connectivity index (χ1) is 12.0. The maximum atomic E-state index is 12.3. The number of benzene rings is 1. The van der Waals surface area contributed by atoms with Crippen LogP contribution >= 0.6 is 24.0 Å². The standard InChI is InChI=1S/C19H31N3O2S.HI/c1-3-19(12-8-9-13-19)16-22-18(20-4-2)21-14-15-25(23,24)17-10-6-5-7-11-17;/h5-7,10-11H,3-4,8-9,12-16H2,1-2H3,(H2,20,21,22);1H. The fourth-order valence-corrected chi connectivity index (χ4v) is 4.56.